The van der Waals surface area contributed by atoms with E-state index >= 15 is 0 Å². The topological polar surface area (TPSA) is 106 Å². The van der Waals surface area contributed by atoms with E-state index < -0.39 is 12.0 Å². The first-order valence-corrected chi connectivity index (χ1v) is 3.28. The Morgan fingerprint density at radius 3 is 2.36 bits per heavy atom. The lowest BCUT2D eigenvalue weighted by atomic mass is 10.1. The van der Waals surface area contributed by atoms with Gasteiger partial charge in [-0.15, -0.1) is 0 Å². The van der Waals surface area contributed by atoms with Crippen molar-refractivity contribution < 1.29 is 14.7 Å². The van der Waals surface area contributed by atoms with Crippen molar-refractivity contribution in [2.24, 2.45) is 11.5 Å². The summed E-state index contributed by atoms with van der Waals surface area (Å²) in [4.78, 5) is 20.9. The Morgan fingerprint density at radius 1 is 1.45 bits per heavy atom. The van der Waals surface area contributed by atoms with Crippen molar-refractivity contribution in [1.82, 2.24) is 0 Å². The molecular formula is C6H12N2O3. The maximum Gasteiger partial charge on any atom is 0.305 e. The zero-order valence-corrected chi connectivity index (χ0v) is 6.12. The largest absolute Gasteiger partial charge is 0.481 e. The van der Waals surface area contributed by atoms with Gasteiger partial charge in [-0.2, -0.15) is 0 Å². The second-order valence-corrected chi connectivity index (χ2v) is 2.21. The van der Waals surface area contributed by atoms with E-state index in [1.165, 1.54) is 0 Å². The number of carboxylic acid groups (broad SMARTS) is 1. The molecule has 0 rings (SSSR count). The van der Waals surface area contributed by atoms with Crippen LogP contribution in [-0.4, -0.2) is 29.4 Å². The molecule has 0 heterocycles. The van der Waals surface area contributed by atoms with E-state index in [4.69, 9.17) is 16.6 Å². The van der Waals surface area contributed by atoms with Crippen LogP contribution in [0.15, 0.2) is 0 Å². The summed E-state index contributed by atoms with van der Waals surface area (Å²) < 4.78 is 0. The van der Waals surface area contributed by atoms with Gasteiger partial charge in [0.15, 0.2) is 5.78 Å². The van der Waals surface area contributed by atoms with Gasteiger partial charge in [0.05, 0.1) is 12.5 Å². The molecule has 0 saturated heterocycles. The summed E-state index contributed by atoms with van der Waals surface area (Å²) in [5.74, 6) is -1.36. The van der Waals surface area contributed by atoms with Gasteiger partial charge in [-0.1, -0.05) is 0 Å². The van der Waals surface area contributed by atoms with E-state index in [1.807, 2.05) is 0 Å². The van der Waals surface area contributed by atoms with Gasteiger partial charge in [0.25, 0.3) is 0 Å². The first-order chi connectivity index (χ1) is 5.07. The molecule has 64 valence electrons. The maximum absolute atomic E-state index is 10.8. The third-order valence-electron chi connectivity index (χ3n) is 1.20. The molecule has 0 aromatic heterocycles. The lowest BCUT2D eigenvalue weighted by Crippen LogP contribution is -2.33. The van der Waals surface area contributed by atoms with Gasteiger partial charge in [-0.25, -0.2) is 0 Å². The first kappa shape index (κ1) is 10.1. The van der Waals surface area contributed by atoms with E-state index in [-0.39, 0.29) is 25.2 Å². The Kier molecular flexibility index (Phi) is 4.40. The highest BCUT2D eigenvalue weighted by Gasteiger charge is 2.15. The molecule has 0 aromatic rings. The lowest BCUT2D eigenvalue weighted by Gasteiger charge is -2.05. The van der Waals surface area contributed by atoms with Crippen molar-refractivity contribution in [2.45, 2.75) is 18.9 Å². The Bertz CT molecular complexity index is 158. The molecule has 1 atom stereocenters. The van der Waals surface area contributed by atoms with Crippen molar-refractivity contribution in [3.8, 4) is 0 Å². The average molecular weight is 160 g/mol. The molecule has 0 unspecified atom stereocenters. The number of carboxylic acids is 1. The van der Waals surface area contributed by atoms with Crippen LogP contribution in [0.4, 0.5) is 0 Å². The molecule has 5 N–H and O–H groups in total. The first-order valence-electron chi connectivity index (χ1n) is 3.28. The zero-order valence-electron chi connectivity index (χ0n) is 6.12. The van der Waals surface area contributed by atoms with E-state index in [0.717, 1.165) is 0 Å². The molecule has 0 saturated carbocycles. The molecule has 0 aliphatic rings. The third-order valence-corrected chi connectivity index (χ3v) is 1.20. The van der Waals surface area contributed by atoms with E-state index in [0.29, 0.717) is 0 Å². The molecule has 0 spiro atoms. The second kappa shape index (κ2) is 4.81. The van der Waals surface area contributed by atoms with Crippen LogP contribution in [0.5, 0.6) is 0 Å². The quantitative estimate of drug-likeness (QED) is 0.463. The normalized spacial score (nSPS) is 12.5. The van der Waals surface area contributed by atoms with Crippen LogP contribution in [0, 0.1) is 0 Å². The zero-order chi connectivity index (χ0) is 8.85. The van der Waals surface area contributed by atoms with Crippen LogP contribution in [0.2, 0.25) is 0 Å². The molecular weight excluding hydrogens is 148 g/mol. The SMILES string of the molecule is NCCC(=O)[C@@H](N)CC(=O)O. The van der Waals surface area contributed by atoms with Crippen molar-refractivity contribution in [2.75, 3.05) is 6.54 Å². The predicted molar refractivity (Wildman–Crippen MR) is 38.9 cm³/mol. The average Bonchev–Trinajstić information content (AvgIpc) is 1.86. The fourth-order valence-electron chi connectivity index (χ4n) is 0.630. The van der Waals surface area contributed by atoms with Crippen LogP contribution in [0.25, 0.3) is 0 Å². The molecule has 0 bridgehead atoms. The smallest absolute Gasteiger partial charge is 0.305 e. The minimum atomic E-state index is -1.07. The summed E-state index contributed by atoms with van der Waals surface area (Å²) in [6.07, 6.45) is -0.173. The number of hydrogen-bond donors (Lipinski definition) is 3. The molecule has 5 nitrogen and oxygen atoms in total. The van der Waals surface area contributed by atoms with Gasteiger partial charge in [0.1, 0.15) is 0 Å². The number of carbonyl (C=O) groups excluding carboxylic acids is 1. The number of nitrogens with two attached hydrogens (primary N) is 2. The summed E-state index contributed by atoms with van der Waals surface area (Å²) in [7, 11) is 0. The number of aliphatic carboxylic acids is 1. The summed E-state index contributed by atoms with van der Waals surface area (Å²) in [6, 6.07) is -0.906. The second-order valence-electron chi connectivity index (χ2n) is 2.21. The van der Waals surface area contributed by atoms with Gasteiger partial charge in [-0.05, 0) is 6.54 Å². The molecule has 0 amide bonds. The van der Waals surface area contributed by atoms with E-state index in [9.17, 15) is 9.59 Å². The summed E-state index contributed by atoms with van der Waals surface area (Å²) in [5, 5.41) is 8.24. The third kappa shape index (κ3) is 4.46. The molecule has 0 radical (unpaired) electrons. The predicted octanol–water partition coefficient (Wildman–Crippen LogP) is -1.29. The number of hydrogen-bond acceptors (Lipinski definition) is 4. The van der Waals surface area contributed by atoms with Crippen LogP contribution in [-0.2, 0) is 9.59 Å². The highest BCUT2D eigenvalue weighted by atomic mass is 16.4. The summed E-state index contributed by atoms with van der Waals surface area (Å²) in [5.41, 5.74) is 10.3. The van der Waals surface area contributed by atoms with Crippen molar-refractivity contribution >= 4 is 11.8 Å². The van der Waals surface area contributed by atoms with Gasteiger partial charge in [0, 0.05) is 6.42 Å². The number of ketones is 1. The fraction of sp³-hybridized carbons (Fsp3) is 0.667. The van der Waals surface area contributed by atoms with Crippen molar-refractivity contribution in [3.05, 3.63) is 0 Å². The molecule has 5 heteroatoms. The molecule has 11 heavy (non-hydrogen) atoms. The van der Waals surface area contributed by atoms with Gasteiger partial charge < -0.3 is 16.6 Å². The minimum absolute atomic E-state index is 0.147. The van der Waals surface area contributed by atoms with E-state index in [2.05, 4.69) is 0 Å². The molecule has 0 aliphatic heterocycles. The van der Waals surface area contributed by atoms with Crippen LogP contribution < -0.4 is 11.5 Å². The van der Waals surface area contributed by atoms with Gasteiger partial charge >= 0.3 is 5.97 Å². The minimum Gasteiger partial charge on any atom is -0.481 e. The maximum atomic E-state index is 10.8. The van der Waals surface area contributed by atoms with Crippen molar-refractivity contribution in [1.29, 1.82) is 0 Å². The van der Waals surface area contributed by atoms with Gasteiger partial charge in [-0.3, -0.25) is 9.59 Å². The Hall–Kier alpha value is -0.940. The molecule has 0 aliphatic carbocycles. The van der Waals surface area contributed by atoms with Crippen LogP contribution in [0.1, 0.15) is 12.8 Å². The Balaban J connectivity index is 3.73. The lowest BCUT2D eigenvalue weighted by molar-refractivity contribution is -0.139. The fourth-order valence-corrected chi connectivity index (χ4v) is 0.630. The van der Waals surface area contributed by atoms with E-state index in [1.54, 1.807) is 0 Å². The summed E-state index contributed by atoms with van der Waals surface area (Å²) in [6.45, 7) is 0.214. The van der Waals surface area contributed by atoms with Crippen LogP contribution in [0.3, 0.4) is 0 Å². The standard InChI is InChI=1S/C6H12N2O3/c7-2-1-5(9)4(8)3-6(10)11/h4H,1-3,7-8H2,(H,10,11)/t4-/m0/s1. The summed E-state index contributed by atoms with van der Waals surface area (Å²) >= 11 is 0. The number of Topliss-reactive ketones (excluding diaryl/α,β-unsaturated/α-hetero) is 1. The molecule has 0 aromatic carbocycles. The number of carbonyl (C=O) groups is 2. The number of rotatable bonds is 5. The van der Waals surface area contributed by atoms with Gasteiger partial charge in [0.2, 0.25) is 0 Å². The van der Waals surface area contributed by atoms with Crippen LogP contribution >= 0.6 is 0 Å². The molecule has 0 fully saturated rings. The Labute approximate surface area is 64.4 Å². The highest BCUT2D eigenvalue weighted by Crippen LogP contribution is 1.92. The highest BCUT2D eigenvalue weighted by molar-refractivity contribution is 5.87. The monoisotopic (exact) mass is 160 g/mol. The van der Waals surface area contributed by atoms with Crippen molar-refractivity contribution in [3.63, 3.8) is 0 Å². The Morgan fingerprint density at radius 2 is 2.00 bits per heavy atom.